The number of aliphatic hydroxyl groups is 1. The summed E-state index contributed by atoms with van der Waals surface area (Å²) >= 11 is 1.24. The molecule has 19 heavy (non-hydrogen) atoms. The summed E-state index contributed by atoms with van der Waals surface area (Å²) in [5, 5.41) is 8.84. The van der Waals surface area contributed by atoms with Crippen molar-refractivity contribution in [2.24, 2.45) is 4.99 Å². The zero-order valence-corrected chi connectivity index (χ0v) is 11.1. The van der Waals surface area contributed by atoms with Gasteiger partial charge in [-0.3, -0.25) is 14.4 Å². The molecular weight excluding hydrogens is 264 g/mol. The van der Waals surface area contributed by atoms with Crippen LogP contribution in [-0.4, -0.2) is 33.0 Å². The number of fused-ring (bicyclic) bond motifs is 1. The number of thiazole rings is 1. The Hall–Kier alpha value is -2.12. The second kappa shape index (κ2) is 5.68. The quantitative estimate of drug-likeness (QED) is 0.672. The van der Waals surface area contributed by atoms with E-state index in [1.165, 1.54) is 28.2 Å². The van der Waals surface area contributed by atoms with Crippen LogP contribution in [0.3, 0.4) is 0 Å². The Kier molecular flexibility index (Phi) is 3.98. The molecule has 98 valence electrons. The molecule has 0 fully saturated rings. The van der Waals surface area contributed by atoms with Crippen LogP contribution in [0.25, 0.3) is 16.0 Å². The molecule has 0 spiro atoms. The Morgan fingerprint density at radius 1 is 1.68 bits per heavy atom. The summed E-state index contributed by atoms with van der Waals surface area (Å²) in [6.45, 7) is 4.96. The van der Waals surface area contributed by atoms with Gasteiger partial charge in [-0.25, -0.2) is 9.97 Å². The summed E-state index contributed by atoms with van der Waals surface area (Å²) in [5.41, 5.74) is 2.32. The Bertz CT molecular complexity index is 727. The summed E-state index contributed by atoms with van der Waals surface area (Å²) < 4.78 is 1.90. The van der Waals surface area contributed by atoms with Gasteiger partial charge in [-0.1, -0.05) is 6.08 Å². The highest BCUT2D eigenvalue weighted by molar-refractivity contribution is 7.16. The number of hydrogen-bond acceptors (Lipinski definition) is 6. The summed E-state index contributed by atoms with van der Waals surface area (Å²) in [5.74, 6) is 0.501. The van der Waals surface area contributed by atoms with E-state index in [1.807, 2.05) is 0 Å². The third kappa shape index (κ3) is 2.51. The molecule has 0 aliphatic heterocycles. The van der Waals surface area contributed by atoms with E-state index >= 15 is 0 Å². The lowest BCUT2D eigenvalue weighted by Gasteiger charge is -2.09. The maximum Gasteiger partial charge on any atom is 0.277 e. The highest BCUT2D eigenvalue weighted by Gasteiger charge is 2.12. The second-order valence-electron chi connectivity index (χ2n) is 3.63. The first-order valence-electron chi connectivity index (χ1n) is 5.45. The van der Waals surface area contributed by atoms with Crippen LogP contribution in [0.1, 0.15) is 5.82 Å². The van der Waals surface area contributed by atoms with E-state index in [0.717, 1.165) is 0 Å². The molecule has 7 heteroatoms. The monoisotopic (exact) mass is 276 g/mol. The van der Waals surface area contributed by atoms with Crippen LogP contribution in [0, 0.1) is 6.92 Å². The zero-order chi connectivity index (χ0) is 13.8. The fraction of sp³-hybridized carbons (Fsp3) is 0.167. The van der Waals surface area contributed by atoms with Crippen LogP contribution < -0.4 is 5.56 Å². The number of aromatic nitrogens is 3. The molecule has 2 heterocycles. The van der Waals surface area contributed by atoms with Gasteiger partial charge in [-0.05, 0) is 19.7 Å². The number of allylic oxidation sites excluding steroid dienone is 2. The predicted molar refractivity (Wildman–Crippen MR) is 76.5 cm³/mol. The number of nitrogens with zero attached hydrogens (tertiary/aromatic N) is 4. The molecule has 2 aromatic rings. The van der Waals surface area contributed by atoms with Gasteiger partial charge in [0.2, 0.25) is 0 Å². The third-order valence-corrected chi connectivity index (χ3v) is 3.22. The molecule has 2 aromatic heterocycles. The molecule has 0 bridgehead atoms. The van der Waals surface area contributed by atoms with Crippen LogP contribution in [0.15, 0.2) is 33.6 Å². The molecule has 2 rings (SSSR count). The molecule has 0 radical (unpaired) electrons. The van der Waals surface area contributed by atoms with Gasteiger partial charge in [0.25, 0.3) is 5.56 Å². The first kappa shape index (κ1) is 13.3. The molecule has 0 aromatic carbocycles. The van der Waals surface area contributed by atoms with Crippen molar-refractivity contribution in [3.8, 4) is 0 Å². The summed E-state index contributed by atoms with van der Waals surface area (Å²) in [6.07, 6.45) is 4.55. The van der Waals surface area contributed by atoms with Crippen LogP contribution in [0.5, 0.6) is 0 Å². The Morgan fingerprint density at radius 3 is 3.16 bits per heavy atom. The van der Waals surface area contributed by atoms with E-state index in [0.29, 0.717) is 21.9 Å². The number of aliphatic imine (C=N–C) groups is 1. The number of rotatable bonds is 4. The molecule has 0 saturated carbocycles. The molecule has 0 aliphatic carbocycles. The van der Waals surface area contributed by atoms with Crippen LogP contribution in [0.4, 0.5) is 0 Å². The summed E-state index contributed by atoms with van der Waals surface area (Å²) in [6, 6.07) is 0. The largest absolute Gasteiger partial charge is 0.392 e. The first-order chi connectivity index (χ1) is 9.19. The molecular formula is C12H12N4O2S. The maximum absolute atomic E-state index is 12.4. The predicted octanol–water partition coefficient (Wildman–Crippen LogP) is 1.21. The molecule has 0 aliphatic rings. The molecule has 0 unspecified atom stereocenters. The average Bonchev–Trinajstić information content (AvgIpc) is 2.84. The van der Waals surface area contributed by atoms with E-state index < -0.39 is 0 Å². The molecule has 0 amide bonds. The SMILES string of the molecule is C=N/C=C(\C=C/CO)n1c(C)nc2ncsc2c1=O. The van der Waals surface area contributed by atoms with Gasteiger partial charge < -0.3 is 5.11 Å². The average molecular weight is 276 g/mol. The Morgan fingerprint density at radius 2 is 2.47 bits per heavy atom. The minimum atomic E-state index is -0.206. The fourth-order valence-electron chi connectivity index (χ4n) is 1.66. The van der Waals surface area contributed by atoms with E-state index in [-0.39, 0.29) is 12.2 Å². The molecule has 0 saturated heterocycles. The Balaban J connectivity index is 2.72. The summed E-state index contributed by atoms with van der Waals surface area (Å²) in [4.78, 5) is 24.4. The standard InChI is InChI=1S/C12H12N4O2S/c1-8-15-11-10(19-7-14-11)12(18)16(8)9(6-13-2)4-3-5-17/h3-4,6-7,17H,2,5H2,1H3/b4-3-,9-6+. The lowest BCUT2D eigenvalue weighted by Crippen LogP contribution is -2.22. The van der Waals surface area contributed by atoms with Crippen molar-refractivity contribution < 1.29 is 5.11 Å². The van der Waals surface area contributed by atoms with Gasteiger partial charge in [0.15, 0.2) is 5.65 Å². The van der Waals surface area contributed by atoms with E-state index in [2.05, 4.69) is 21.7 Å². The lowest BCUT2D eigenvalue weighted by molar-refractivity contribution is 0.343. The van der Waals surface area contributed by atoms with E-state index in [4.69, 9.17) is 5.11 Å². The van der Waals surface area contributed by atoms with E-state index in [9.17, 15) is 4.79 Å². The van der Waals surface area contributed by atoms with Crippen LogP contribution in [-0.2, 0) is 0 Å². The van der Waals surface area contributed by atoms with Crippen molar-refractivity contribution in [1.29, 1.82) is 0 Å². The molecule has 0 atom stereocenters. The highest BCUT2D eigenvalue weighted by atomic mass is 32.1. The third-order valence-electron chi connectivity index (χ3n) is 2.41. The fourth-order valence-corrected chi connectivity index (χ4v) is 2.32. The van der Waals surface area contributed by atoms with Crippen molar-refractivity contribution in [2.75, 3.05) is 6.61 Å². The minimum Gasteiger partial charge on any atom is -0.392 e. The van der Waals surface area contributed by atoms with Gasteiger partial charge in [0.1, 0.15) is 10.5 Å². The van der Waals surface area contributed by atoms with E-state index in [1.54, 1.807) is 18.5 Å². The van der Waals surface area contributed by atoms with Gasteiger partial charge in [-0.15, -0.1) is 11.3 Å². The maximum atomic E-state index is 12.4. The minimum absolute atomic E-state index is 0.126. The molecule has 1 N–H and O–H groups in total. The Labute approximate surface area is 113 Å². The van der Waals surface area contributed by atoms with Crippen molar-refractivity contribution in [3.63, 3.8) is 0 Å². The molecule has 6 nitrogen and oxygen atoms in total. The first-order valence-corrected chi connectivity index (χ1v) is 6.33. The summed E-state index contributed by atoms with van der Waals surface area (Å²) in [7, 11) is 0. The number of aliphatic hydroxyl groups excluding tert-OH is 1. The normalized spacial score (nSPS) is 12.4. The van der Waals surface area contributed by atoms with Crippen LogP contribution in [0.2, 0.25) is 0 Å². The number of aryl methyl sites for hydroxylation is 1. The van der Waals surface area contributed by atoms with Gasteiger partial charge >= 0.3 is 0 Å². The zero-order valence-electron chi connectivity index (χ0n) is 10.3. The smallest absolute Gasteiger partial charge is 0.277 e. The van der Waals surface area contributed by atoms with Crippen molar-refractivity contribution >= 4 is 34.1 Å². The van der Waals surface area contributed by atoms with Crippen LogP contribution >= 0.6 is 11.3 Å². The number of hydrogen-bond donors (Lipinski definition) is 1. The topological polar surface area (TPSA) is 80.4 Å². The second-order valence-corrected chi connectivity index (χ2v) is 4.48. The lowest BCUT2D eigenvalue weighted by atomic mass is 10.3. The van der Waals surface area contributed by atoms with Crippen molar-refractivity contribution in [3.05, 3.63) is 40.0 Å². The van der Waals surface area contributed by atoms with Crippen molar-refractivity contribution in [1.82, 2.24) is 14.5 Å². The van der Waals surface area contributed by atoms with Crippen molar-refractivity contribution in [2.45, 2.75) is 6.92 Å². The highest BCUT2D eigenvalue weighted by Crippen LogP contribution is 2.14. The van der Waals surface area contributed by atoms with Gasteiger partial charge in [0.05, 0.1) is 24.0 Å². The van der Waals surface area contributed by atoms with Gasteiger partial charge in [0, 0.05) is 0 Å². The van der Waals surface area contributed by atoms with Gasteiger partial charge in [-0.2, -0.15) is 0 Å².